The summed E-state index contributed by atoms with van der Waals surface area (Å²) in [5, 5.41) is 1.99. The van der Waals surface area contributed by atoms with E-state index in [-0.39, 0.29) is 5.91 Å². The fourth-order valence-electron chi connectivity index (χ4n) is 3.04. The third-order valence-electron chi connectivity index (χ3n) is 4.17. The minimum atomic E-state index is 0.163. The van der Waals surface area contributed by atoms with Gasteiger partial charge in [-0.25, -0.2) is 9.97 Å². The predicted molar refractivity (Wildman–Crippen MR) is 83.9 cm³/mol. The van der Waals surface area contributed by atoms with Crippen LogP contribution in [0.1, 0.15) is 24.6 Å². The topological polar surface area (TPSA) is 55.4 Å². The lowest BCUT2D eigenvalue weighted by Crippen LogP contribution is -2.41. The van der Waals surface area contributed by atoms with Gasteiger partial charge in [0, 0.05) is 43.3 Å². The number of likely N-dealkylation sites (tertiary alicyclic amines) is 1. The summed E-state index contributed by atoms with van der Waals surface area (Å²) in [6.45, 7) is 1.60. The molecule has 3 aromatic heterocycles. The largest absolute Gasteiger partial charge is 0.340 e. The van der Waals surface area contributed by atoms with E-state index in [0.717, 1.165) is 36.6 Å². The van der Waals surface area contributed by atoms with Gasteiger partial charge in [0.05, 0.1) is 24.5 Å². The molecule has 0 spiro atoms. The second-order valence-corrected chi connectivity index (χ2v) is 6.52. The van der Waals surface area contributed by atoms with E-state index in [1.165, 1.54) is 0 Å². The average molecular weight is 315 g/mol. The standard InChI is InChI=1S/C15H17N5OS/c21-14(8-12-9-19-6-7-22-15(19)17-12)18-4-1-2-13(10-18)20-5-3-16-11-20/h3,5-7,9,11,13H,1-2,4,8,10H2/t13-/m0/s1. The fraction of sp³-hybridized carbons (Fsp3) is 0.400. The normalized spacial score (nSPS) is 18.9. The van der Waals surface area contributed by atoms with Gasteiger partial charge in [0.2, 0.25) is 5.91 Å². The van der Waals surface area contributed by atoms with E-state index in [2.05, 4.69) is 14.5 Å². The van der Waals surface area contributed by atoms with Crippen LogP contribution < -0.4 is 0 Å². The Hall–Kier alpha value is -2.15. The van der Waals surface area contributed by atoms with Crippen molar-refractivity contribution in [2.45, 2.75) is 25.3 Å². The zero-order chi connectivity index (χ0) is 14.9. The van der Waals surface area contributed by atoms with Crippen molar-refractivity contribution in [3.8, 4) is 0 Å². The number of piperidine rings is 1. The highest BCUT2D eigenvalue weighted by atomic mass is 32.1. The van der Waals surface area contributed by atoms with Crippen LogP contribution in [0.2, 0.25) is 0 Å². The second-order valence-electron chi connectivity index (χ2n) is 5.65. The maximum absolute atomic E-state index is 12.5. The Morgan fingerprint density at radius 1 is 1.41 bits per heavy atom. The Labute approximate surface area is 132 Å². The van der Waals surface area contributed by atoms with Crippen LogP contribution in [0.25, 0.3) is 4.96 Å². The van der Waals surface area contributed by atoms with E-state index in [4.69, 9.17) is 0 Å². The molecule has 0 aromatic carbocycles. The number of aromatic nitrogens is 4. The second kappa shape index (κ2) is 5.57. The minimum Gasteiger partial charge on any atom is -0.340 e. The number of carbonyl (C=O) groups excluding carboxylic acids is 1. The maximum atomic E-state index is 12.5. The van der Waals surface area contributed by atoms with Crippen molar-refractivity contribution in [3.63, 3.8) is 0 Å². The molecule has 0 radical (unpaired) electrons. The summed E-state index contributed by atoms with van der Waals surface area (Å²) in [6.07, 6.45) is 12.0. The van der Waals surface area contributed by atoms with Crippen molar-refractivity contribution >= 4 is 22.2 Å². The number of imidazole rings is 2. The van der Waals surface area contributed by atoms with Gasteiger partial charge < -0.3 is 9.47 Å². The lowest BCUT2D eigenvalue weighted by molar-refractivity contribution is -0.132. The van der Waals surface area contributed by atoms with Crippen LogP contribution in [0.15, 0.2) is 36.5 Å². The van der Waals surface area contributed by atoms with Crippen LogP contribution >= 0.6 is 11.3 Å². The van der Waals surface area contributed by atoms with Gasteiger partial charge in [0.25, 0.3) is 0 Å². The maximum Gasteiger partial charge on any atom is 0.228 e. The van der Waals surface area contributed by atoms with Crippen LogP contribution in [0, 0.1) is 0 Å². The van der Waals surface area contributed by atoms with Crippen LogP contribution in [0.5, 0.6) is 0 Å². The molecule has 1 atom stereocenters. The summed E-state index contributed by atoms with van der Waals surface area (Å²) in [4.78, 5) is 24.0. The first kappa shape index (κ1) is 13.5. The van der Waals surface area contributed by atoms with E-state index < -0.39 is 0 Å². The quantitative estimate of drug-likeness (QED) is 0.743. The Kier molecular flexibility index (Phi) is 3.42. The van der Waals surface area contributed by atoms with Gasteiger partial charge in [-0.15, -0.1) is 11.3 Å². The first-order valence-corrected chi connectivity index (χ1v) is 8.34. The summed E-state index contributed by atoms with van der Waals surface area (Å²) in [7, 11) is 0. The fourth-order valence-corrected chi connectivity index (χ4v) is 3.76. The Morgan fingerprint density at radius 3 is 3.18 bits per heavy atom. The zero-order valence-electron chi connectivity index (χ0n) is 12.1. The molecule has 4 heterocycles. The Morgan fingerprint density at radius 2 is 2.36 bits per heavy atom. The molecule has 1 fully saturated rings. The summed E-state index contributed by atoms with van der Waals surface area (Å²) in [5.41, 5.74) is 0.849. The van der Waals surface area contributed by atoms with E-state index in [9.17, 15) is 4.79 Å². The van der Waals surface area contributed by atoms with Crippen molar-refractivity contribution in [1.29, 1.82) is 0 Å². The highest BCUT2D eigenvalue weighted by molar-refractivity contribution is 7.15. The van der Waals surface area contributed by atoms with Gasteiger partial charge in [-0.1, -0.05) is 0 Å². The molecule has 0 bridgehead atoms. The van der Waals surface area contributed by atoms with Crippen LogP contribution in [-0.4, -0.2) is 42.8 Å². The molecule has 3 aromatic rings. The minimum absolute atomic E-state index is 0.163. The van der Waals surface area contributed by atoms with Crippen molar-refractivity contribution in [1.82, 2.24) is 23.8 Å². The highest BCUT2D eigenvalue weighted by Gasteiger charge is 2.25. The van der Waals surface area contributed by atoms with Gasteiger partial charge in [0.1, 0.15) is 0 Å². The molecule has 1 saturated heterocycles. The molecular formula is C15H17N5OS. The molecule has 1 aliphatic heterocycles. The molecule has 7 heteroatoms. The number of hydrogen-bond acceptors (Lipinski definition) is 4. The number of nitrogens with zero attached hydrogens (tertiary/aromatic N) is 5. The lowest BCUT2D eigenvalue weighted by atomic mass is 10.1. The van der Waals surface area contributed by atoms with Crippen molar-refractivity contribution in [2.24, 2.45) is 0 Å². The zero-order valence-corrected chi connectivity index (χ0v) is 12.9. The van der Waals surface area contributed by atoms with Gasteiger partial charge in [0.15, 0.2) is 4.96 Å². The van der Waals surface area contributed by atoms with Crippen LogP contribution in [-0.2, 0) is 11.2 Å². The molecule has 1 aliphatic rings. The molecule has 114 valence electrons. The smallest absolute Gasteiger partial charge is 0.228 e. The molecular weight excluding hydrogens is 298 g/mol. The summed E-state index contributed by atoms with van der Waals surface area (Å²) >= 11 is 1.59. The van der Waals surface area contributed by atoms with E-state index in [0.29, 0.717) is 12.5 Å². The lowest BCUT2D eigenvalue weighted by Gasteiger charge is -2.33. The van der Waals surface area contributed by atoms with Crippen LogP contribution in [0.3, 0.4) is 0 Å². The molecule has 22 heavy (non-hydrogen) atoms. The molecule has 1 amide bonds. The molecule has 6 nitrogen and oxygen atoms in total. The molecule has 4 rings (SSSR count). The summed E-state index contributed by atoms with van der Waals surface area (Å²) in [6, 6.07) is 0.339. The van der Waals surface area contributed by atoms with E-state index >= 15 is 0 Å². The number of amides is 1. The average Bonchev–Trinajstić information content (AvgIpc) is 3.24. The SMILES string of the molecule is O=C(Cc1cn2ccsc2n1)N1CCC[C@H](n2ccnc2)C1. The number of thiazole rings is 1. The van der Waals surface area contributed by atoms with Crippen molar-refractivity contribution < 1.29 is 4.79 Å². The number of carbonyl (C=O) groups is 1. The molecule has 0 unspecified atom stereocenters. The number of rotatable bonds is 3. The predicted octanol–water partition coefficient (Wildman–Crippen LogP) is 2.00. The highest BCUT2D eigenvalue weighted by Crippen LogP contribution is 2.22. The van der Waals surface area contributed by atoms with Gasteiger partial charge in [-0.05, 0) is 12.8 Å². The molecule has 0 N–H and O–H groups in total. The van der Waals surface area contributed by atoms with Gasteiger partial charge in [-0.3, -0.25) is 9.20 Å². The van der Waals surface area contributed by atoms with E-state index in [1.807, 2.05) is 39.6 Å². The van der Waals surface area contributed by atoms with Gasteiger partial charge >= 0.3 is 0 Å². The third-order valence-corrected chi connectivity index (χ3v) is 4.94. The molecule has 0 aliphatic carbocycles. The number of fused-ring (bicyclic) bond motifs is 1. The summed E-state index contributed by atoms with van der Waals surface area (Å²) < 4.78 is 4.07. The van der Waals surface area contributed by atoms with Crippen molar-refractivity contribution in [2.75, 3.05) is 13.1 Å². The van der Waals surface area contributed by atoms with Crippen LogP contribution in [0.4, 0.5) is 0 Å². The van der Waals surface area contributed by atoms with Gasteiger partial charge in [-0.2, -0.15) is 0 Å². The first-order chi connectivity index (χ1) is 10.8. The third kappa shape index (κ3) is 2.52. The van der Waals surface area contributed by atoms with Crippen molar-refractivity contribution in [3.05, 3.63) is 42.2 Å². The molecule has 0 saturated carbocycles. The monoisotopic (exact) mass is 315 g/mol. The number of hydrogen-bond donors (Lipinski definition) is 0. The first-order valence-electron chi connectivity index (χ1n) is 7.46. The summed E-state index contributed by atoms with van der Waals surface area (Å²) in [5.74, 6) is 0.163. The Bertz CT molecular complexity index is 746. The van der Waals surface area contributed by atoms with E-state index in [1.54, 1.807) is 17.5 Å². The Balaban J connectivity index is 1.44.